The van der Waals surface area contributed by atoms with Gasteiger partial charge in [0.15, 0.2) is 6.29 Å². The molecule has 154 valence electrons. The Kier molecular flexibility index (Phi) is 6.47. The van der Waals surface area contributed by atoms with Crippen molar-refractivity contribution in [3.05, 3.63) is 47.8 Å². The van der Waals surface area contributed by atoms with Gasteiger partial charge in [-0.1, -0.05) is 12.1 Å². The Hall–Kier alpha value is -3.37. The van der Waals surface area contributed by atoms with Crippen LogP contribution >= 0.6 is 0 Å². The van der Waals surface area contributed by atoms with Crippen molar-refractivity contribution in [3.63, 3.8) is 0 Å². The number of hydrogen-bond acceptors (Lipinski definition) is 6. The Bertz CT molecular complexity index is 887. The molecule has 4 N–H and O–H groups in total. The van der Waals surface area contributed by atoms with E-state index in [1.54, 1.807) is 36.0 Å². The van der Waals surface area contributed by atoms with E-state index in [0.717, 1.165) is 5.56 Å². The fourth-order valence-electron chi connectivity index (χ4n) is 2.80. The highest BCUT2D eigenvalue weighted by molar-refractivity contribution is 6.04. The number of amides is 3. The third kappa shape index (κ3) is 5.56. The van der Waals surface area contributed by atoms with E-state index in [-0.39, 0.29) is 31.1 Å². The molecule has 1 fully saturated rings. The van der Waals surface area contributed by atoms with Gasteiger partial charge >= 0.3 is 6.09 Å². The standard InChI is InChI=1S/C19H22N4O6/c1-23-11-14(21-16(24)6-7-29-19(20)26)10-15(23)17(25)22-13-4-2-12(3-5-13)18-27-8-9-28-18/h2-5,10-11,18H,6-9H2,1H3,(H2,20,26)(H,21,24)(H,22,25). The van der Waals surface area contributed by atoms with E-state index in [1.807, 2.05) is 12.1 Å². The van der Waals surface area contributed by atoms with Crippen molar-refractivity contribution in [3.8, 4) is 0 Å². The average Bonchev–Trinajstić information content (AvgIpc) is 3.32. The van der Waals surface area contributed by atoms with Gasteiger partial charge in [0.1, 0.15) is 12.3 Å². The second kappa shape index (κ2) is 9.22. The number of nitrogens with one attached hydrogen (secondary N) is 2. The van der Waals surface area contributed by atoms with E-state index in [2.05, 4.69) is 15.4 Å². The molecule has 3 rings (SSSR count). The van der Waals surface area contributed by atoms with Gasteiger partial charge in [-0.25, -0.2) is 4.79 Å². The van der Waals surface area contributed by atoms with Crippen molar-refractivity contribution >= 4 is 29.3 Å². The molecule has 0 spiro atoms. The zero-order valence-electron chi connectivity index (χ0n) is 15.8. The molecule has 1 aromatic carbocycles. The van der Waals surface area contributed by atoms with Crippen LogP contribution in [0.4, 0.5) is 16.2 Å². The van der Waals surface area contributed by atoms with Gasteiger partial charge in [-0.2, -0.15) is 0 Å². The summed E-state index contributed by atoms with van der Waals surface area (Å²) in [6.07, 6.45) is 0.264. The summed E-state index contributed by atoms with van der Waals surface area (Å²) in [6.45, 7) is 1.01. The lowest BCUT2D eigenvalue weighted by molar-refractivity contribution is -0.116. The Balaban J connectivity index is 1.56. The molecule has 1 aromatic heterocycles. The van der Waals surface area contributed by atoms with Gasteiger partial charge in [-0.3, -0.25) is 9.59 Å². The summed E-state index contributed by atoms with van der Waals surface area (Å²) in [7, 11) is 1.69. The lowest BCUT2D eigenvalue weighted by Crippen LogP contribution is -2.18. The molecule has 0 radical (unpaired) electrons. The molecular weight excluding hydrogens is 380 g/mol. The fourth-order valence-corrected chi connectivity index (χ4v) is 2.80. The molecule has 10 nitrogen and oxygen atoms in total. The van der Waals surface area contributed by atoms with Crippen LogP contribution in [0.15, 0.2) is 36.5 Å². The van der Waals surface area contributed by atoms with Gasteiger partial charge in [0.05, 0.1) is 25.3 Å². The summed E-state index contributed by atoms with van der Waals surface area (Å²) in [6, 6.07) is 8.74. The van der Waals surface area contributed by atoms with E-state index in [1.165, 1.54) is 0 Å². The Morgan fingerprint density at radius 1 is 1.14 bits per heavy atom. The number of primary amides is 1. The van der Waals surface area contributed by atoms with Crippen LogP contribution in [-0.4, -0.2) is 42.3 Å². The smallest absolute Gasteiger partial charge is 0.404 e. The summed E-state index contributed by atoms with van der Waals surface area (Å²) < 4.78 is 17.0. The number of aromatic nitrogens is 1. The van der Waals surface area contributed by atoms with Crippen molar-refractivity contribution in [2.24, 2.45) is 12.8 Å². The number of carbonyl (C=O) groups is 3. The molecule has 3 amide bonds. The topological polar surface area (TPSA) is 134 Å². The first kappa shape index (κ1) is 20.4. The first-order valence-corrected chi connectivity index (χ1v) is 8.95. The maximum atomic E-state index is 12.6. The van der Waals surface area contributed by atoms with Crippen molar-refractivity contribution in [2.75, 3.05) is 30.5 Å². The summed E-state index contributed by atoms with van der Waals surface area (Å²) in [5, 5.41) is 5.44. The molecule has 0 saturated carbocycles. The highest BCUT2D eigenvalue weighted by Crippen LogP contribution is 2.24. The molecule has 0 atom stereocenters. The Morgan fingerprint density at radius 3 is 2.48 bits per heavy atom. The van der Waals surface area contributed by atoms with Crippen LogP contribution in [-0.2, 0) is 26.1 Å². The molecular formula is C19H22N4O6. The van der Waals surface area contributed by atoms with E-state index in [0.29, 0.717) is 30.3 Å². The highest BCUT2D eigenvalue weighted by Gasteiger charge is 2.18. The molecule has 0 unspecified atom stereocenters. The van der Waals surface area contributed by atoms with Crippen LogP contribution in [0.2, 0.25) is 0 Å². The van der Waals surface area contributed by atoms with Crippen molar-refractivity contribution < 1.29 is 28.6 Å². The van der Waals surface area contributed by atoms with Gasteiger partial charge < -0.3 is 35.1 Å². The number of ether oxygens (including phenoxy) is 3. The number of nitrogens with two attached hydrogens (primary N) is 1. The summed E-state index contributed by atoms with van der Waals surface area (Å²) in [5.41, 5.74) is 7.15. The monoisotopic (exact) mass is 402 g/mol. The van der Waals surface area contributed by atoms with Gasteiger partial charge in [0.25, 0.3) is 5.91 Å². The van der Waals surface area contributed by atoms with Crippen LogP contribution in [0.1, 0.15) is 28.8 Å². The number of anilines is 2. The Labute approximate surface area is 166 Å². The maximum Gasteiger partial charge on any atom is 0.404 e. The third-order valence-corrected chi connectivity index (χ3v) is 4.16. The first-order chi connectivity index (χ1) is 13.9. The SMILES string of the molecule is Cn1cc(NC(=O)CCOC(N)=O)cc1C(=O)Nc1ccc(C2OCCO2)cc1. The minimum absolute atomic E-state index is 0.0415. The predicted octanol–water partition coefficient (Wildman–Crippen LogP) is 1.75. The number of benzene rings is 1. The van der Waals surface area contributed by atoms with Crippen molar-refractivity contribution in [1.82, 2.24) is 4.57 Å². The number of hydrogen-bond donors (Lipinski definition) is 3. The number of rotatable bonds is 7. The largest absolute Gasteiger partial charge is 0.449 e. The van der Waals surface area contributed by atoms with Gasteiger partial charge in [0, 0.05) is 24.5 Å². The van der Waals surface area contributed by atoms with Crippen LogP contribution < -0.4 is 16.4 Å². The molecule has 0 aliphatic carbocycles. The van der Waals surface area contributed by atoms with E-state index < -0.39 is 6.09 Å². The number of aryl methyl sites for hydroxylation is 1. The molecule has 1 aliphatic heterocycles. The van der Waals surface area contributed by atoms with E-state index >= 15 is 0 Å². The molecule has 2 aromatic rings. The van der Waals surface area contributed by atoms with Gasteiger partial charge in [-0.05, 0) is 18.2 Å². The molecule has 1 saturated heterocycles. The molecule has 29 heavy (non-hydrogen) atoms. The zero-order chi connectivity index (χ0) is 20.8. The number of nitrogens with zero attached hydrogens (tertiary/aromatic N) is 1. The van der Waals surface area contributed by atoms with E-state index in [9.17, 15) is 14.4 Å². The Morgan fingerprint density at radius 2 is 1.83 bits per heavy atom. The predicted molar refractivity (Wildman–Crippen MR) is 103 cm³/mol. The number of carbonyl (C=O) groups excluding carboxylic acids is 3. The maximum absolute atomic E-state index is 12.6. The van der Waals surface area contributed by atoms with E-state index in [4.69, 9.17) is 15.2 Å². The molecule has 0 bridgehead atoms. The zero-order valence-corrected chi connectivity index (χ0v) is 15.8. The summed E-state index contributed by atoms with van der Waals surface area (Å²) in [5.74, 6) is -0.693. The van der Waals surface area contributed by atoms with Gasteiger partial charge in [-0.15, -0.1) is 0 Å². The van der Waals surface area contributed by atoms with Crippen molar-refractivity contribution in [1.29, 1.82) is 0 Å². The first-order valence-electron chi connectivity index (χ1n) is 8.95. The minimum atomic E-state index is -0.937. The lowest BCUT2D eigenvalue weighted by atomic mass is 10.2. The normalized spacial score (nSPS) is 13.8. The van der Waals surface area contributed by atoms with Crippen LogP contribution in [0, 0.1) is 0 Å². The minimum Gasteiger partial charge on any atom is -0.449 e. The highest BCUT2D eigenvalue weighted by atomic mass is 16.7. The second-order valence-electron chi connectivity index (χ2n) is 6.34. The van der Waals surface area contributed by atoms with Crippen LogP contribution in [0.25, 0.3) is 0 Å². The quantitative estimate of drug-likeness (QED) is 0.646. The van der Waals surface area contributed by atoms with Crippen LogP contribution in [0.3, 0.4) is 0 Å². The fraction of sp³-hybridized carbons (Fsp3) is 0.316. The molecule has 1 aliphatic rings. The average molecular weight is 402 g/mol. The molecule has 10 heteroatoms. The van der Waals surface area contributed by atoms with Crippen LogP contribution in [0.5, 0.6) is 0 Å². The summed E-state index contributed by atoms with van der Waals surface area (Å²) >= 11 is 0. The third-order valence-electron chi connectivity index (χ3n) is 4.16. The second-order valence-corrected chi connectivity index (χ2v) is 6.34. The lowest BCUT2D eigenvalue weighted by Gasteiger charge is -2.10. The van der Waals surface area contributed by atoms with Gasteiger partial charge in [0.2, 0.25) is 5.91 Å². The van der Waals surface area contributed by atoms with Crippen molar-refractivity contribution in [2.45, 2.75) is 12.7 Å². The molecule has 2 heterocycles. The summed E-state index contributed by atoms with van der Waals surface area (Å²) in [4.78, 5) is 34.9.